The molecular weight excluding hydrogens is 416 g/mol. The van der Waals surface area contributed by atoms with Crippen LogP contribution in [-0.4, -0.2) is 32.8 Å². The lowest BCUT2D eigenvalue weighted by atomic mass is 10.1. The predicted molar refractivity (Wildman–Crippen MR) is 131 cm³/mol. The molecule has 3 aromatic carbocycles. The molecule has 0 heterocycles. The Morgan fingerprint density at radius 1 is 0.909 bits per heavy atom. The van der Waals surface area contributed by atoms with Crippen LogP contribution in [0.25, 0.3) is 0 Å². The molecule has 0 radical (unpaired) electrons. The lowest BCUT2D eigenvalue weighted by molar-refractivity contribution is -0.118. The van der Waals surface area contributed by atoms with Crippen LogP contribution < -0.4 is 24.8 Å². The molecular formula is C27H32N2O4. The molecule has 33 heavy (non-hydrogen) atoms. The lowest BCUT2D eigenvalue weighted by Crippen LogP contribution is -2.20. The first kappa shape index (κ1) is 24.1. The van der Waals surface area contributed by atoms with Crippen LogP contribution in [0.3, 0.4) is 0 Å². The second-order valence-corrected chi connectivity index (χ2v) is 7.66. The minimum atomic E-state index is -0.219. The van der Waals surface area contributed by atoms with Crippen molar-refractivity contribution in [3.8, 4) is 17.2 Å². The number of nitrogens with one attached hydrogen (secondary N) is 2. The molecule has 3 rings (SSSR count). The molecule has 0 saturated heterocycles. The smallest absolute Gasteiger partial charge is 0.262 e. The SMILES string of the molecule is CCOc1cc(CNCCc2ccccc2OC)ccc1OCC(=O)Nc1ccc(C)cc1. The monoisotopic (exact) mass is 448 g/mol. The largest absolute Gasteiger partial charge is 0.496 e. The Bertz CT molecular complexity index is 1030. The molecule has 174 valence electrons. The third-order valence-corrected chi connectivity index (χ3v) is 5.09. The number of hydrogen-bond acceptors (Lipinski definition) is 5. The molecule has 0 spiro atoms. The predicted octanol–water partition coefficient (Wildman–Crippen LogP) is 4.75. The topological polar surface area (TPSA) is 68.8 Å². The van der Waals surface area contributed by atoms with Crippen molar-refractivity contribution in [2.75, 3.05) is 32.2 Å². The van der Waals surface area contributed by atoms with Gasteiger partial charge in [0.05, 0.1) is 13.7 Å². The Hall–Kier alpha value is -3.51. The summed E-state index contributed by atoms with van der Waals surface area (Å²) >= 11 is 0. The van der Waals surface area contributed by atoms with Gasteiger partial charge in [-0.15, -0.1) is 0 Å². The molecule has 0 unspecified atom stereocenters. The average Bonchev–Trinajstić information content (AvgIpc) is 2.83. The van der Waals surface area contributed by atoms with Crippen LogP contribution in [0.4, 0.5) is 5.69 Å². The number of amides is 1. The average molecular weight is 449 g/mol. The van der Waals surface area contributed by atoms with E-state index in [1.54, 1.807) is 7.11 Å². The van der Waals surface area contributed by atoms with Gasteiger partial charge in [0.15, 0.2) is 18.1 Å². The van der Waals surface area contributed by atoms with Crippen LogP contribution in [0.1, 0.15) is 23.6 Å². The number of carbonyl (C=O) groups is 1. The number of carbonyl (C=O) groups excluding carboxylic acids is 1. The maximum absolute atomic E-state index is 12.2. The first-order chi connectivity index (χ1) is 16.1. The van der Waals surface area contributed by atoms with Gasteiger partial charge in [-0.3, -0.25) is 4.79 Å². The number of hydrogen-bond donors (Lipinski definition) is 2. The molecule has 1 amide bonds. The Morgan fingerprint density at radius 2 is 1.70 bits per heavy atom. The molecule has 0 aliphatic rings. The summed E-state index contributed by atoms with van der Waals surface area (Å²) in [7, 11) is 1.69. The van der Waals surface area contributed by atoms with E-state index in [0.717, 1.165) is 35.5 Å². The Labute approximate surface area is 195 Å². The van der Waals surface area contributed by atoms with Gasteiger partial charge < -0.3 is 24.8 Å². The van der Waals surface area contributed by atoms with Gasteiger partial charge in [0, 0.05) is 12.2 Å². The van der Waals surface area contributed by atoms with E-state index in [0.29, 0.717) is 24.7 Å². The quantitative estimate of drug-likeness (QED) is 0.391. The number of methoxy groups -OCH3 is 1. The van der Waals surface area contributed by atoms with E-state index in [2.05, 4.69) is 16.7 Å². The first-order valence-electron chi connectivity index (χ1n) is 11.2. The van der Waals surface area contributed by atoms with E-state index >= 15 is 0 Å². The summed E-state index contributed by atoms with van der Waals surface area (Å²) in [6, 6.07) is 21.5. The van der Waals surface area contributed by atoms with E-state index < -0.39 is 0 Å². The van der Waals surface area contributed by atoms with Gasteiger partial charge in [0.2, 0.25) is 0 Å². The molecule has 0 aliphatic carbocycles. The van der Waals surface area contributed by atoms with E-state index in [4.69, 9.17) is 14.2 Å². The van der Waals surface area contributed by atoms with Gasteiger partial charge in [-0.05, 0) is 68.3 Å². The van der Waals surface area contributed by atoms with Crippen molar-refractivity contribution in [1.82, 2.24) is 5.32 Å². The van der Waals surface area contributed by atoms with E-state index in [1.165, 1.54) is 5.56 Å². The second-order valence-electron chi connectivity index (χ2n) is 7.66. The highest BCUT2D eigenvalue weighted by Crippen LogP contribution is 2.28. The first-order valence-corrected chi connectivity index (χ1v) is 11.2. The zero-order valence-corrected chi connectivity index (χ0v) is 19.5. The molecule has 2 N–H and O–H groups in total. The van der Waals surface area contributed by atoms with Gasteiger partial charge >= 0.3 is 0 Å². The van der Waals surface area contributed by atoms with Crippen LogP contribution in [0.2, 0.25) is 0 Å². The van der Waals surface area contributed by atoms with E-state index in [-0.39, 0.29) is 12.5 Å². The molecule has 0 fully saturated rings. The third-order valence-electron chi connectivity index (χ3n) is 5.09. The molecule has 6 heteroatoms. The zero-order chi connectivity index (χ0) is 23.5. The summed E-state index contributed by atoms with van der Waals surface area (Å²) in [5.41, 5.74) is 4.14. The van der Waals surface area contributed by atoms with Crippen LogP contribution in [0.15, 0.2) is 66.7 Å². The fourth-order valence-corrected chi connectivity index (χ4v) is 3.39. The number of anilines is 1. The molecule has 0 bridgehead atoms. The van der Waals surface area contributed by atoms with E-state index in [1.807, 2.05) is 74.5 Å². The highest BCUT2D eigenvalue weighted by atomic mass is 16.5. The zero-order valence-electron chi connectivity index (χ0n) is 19.5. The van der Waals surface area contributed by atoms with Crippen LogP contribution in [0, 0.1) is 6.92 Å². The molecule has 0 aromatic heterocycles. The van der Waals surface area contributed by atoms with Gasteiger partial charge in [0.1, 0.15) is 5.75 Å². The van der Waals surface area contributed by atoms with Crippen molar-refractivity contribution in [2.45, 2.75) is 26.8 Å². The Morgan fingerprint density at radius 3 is 2.45 bits per heavy atom. The van der Waals surface area contributed by atoms with Crippen LogP contribution in [-0.2, 0) is 17.8 Å². The van der Waals surface area contributed by atoms with Gasteiger partial charge in [-0.25, -0.2) is 0 Å². The maximum atomic E-state index is 12.2. The lowest BCUT2D eigenvalue weighted by Gasteiger charge is -2.14. The maximum Gasteiger partial charge on any atom is 0.262 e. The summed E-state index contributed by atoms with van der Waals surface area (Å²) in [5, 5.41) is 6.29. The highest BCUT2D eigenvalue weighted by Gasteiger charge is 2.10. The molecule has 0 aliphatic heterocycles. The summed E-state index contributed by atoms with van der Waals surface area (Å²) in [6.07, 6.45) is 0.875. The Kier molecular flexibility index (Phi) is 9.15. The standard InChI is InChI=1S/C27H32N2O4/c1-4-32-26-17-21(18-28-16-15-22-7-5-6-8-24(22)31-3)11-14-25(26)33-19-27(30)29-23-12-9-20(2)10-13-23/h5-14,17,28H,4,15-16,18-19H2,1-3H3,(H,29,30). The van der Waals surface area contributed by atoms with E-state index in [9.17, 15) is 4.79 Å². The highest BCUT2D eigenvalue weighted by molar-refractivity contribution is 5.91. The van der Waals surface area contributed by atoms with Gasteiger partial charge in [0.25, 0.3) is 5.91 Å². The Balaban J connectivity index is 1.51. The minimum absolute atomic E-state index is 0.0928. The number of para-hydroxylation sites is 1. The number of ether oxygens (including phenoxy) is 3. The number of benzene rings is 3. The molecule has 6 nitrogen and oxygen atoms in total. The van der Waals surface area contributed by atoms with Crippen molar-refractivity contribution < 1.29 is 19.0 Å². The van der Waals surface area contributed by atoms with Crippen molar-refractivity contribution in [3.05, 3.63) is 83.4 Å². The summed E-state index contributed by atoms with van der Waals surface area (Å²) in [4.78, 5) is 12.2. The summed E-state index contributed by atoms with van der Waals surface area (Å²) < 4.78 is 16.9. The van der Waals surface area contributed by atoms with Gasteiger partial charge in [-0.1, -0.05) is 42.0 Å². The second kappa shape index (κ2) is 12.5. The summed E-state index contributed by atoms with van der Waals surface area (Å²) in [5.74, 6) is 1.87. The normalized spacial score (nSPS) is 10.5. The molecule has 0 saturated carbocycles. The van der Waals surface area contributed by atoms with Crippen molar-refractivity contribution in [1.29, 1.82) is 0 Å². The van der Waals surface area contributed by atoms with Gasteiger partial charge in [-0.2, -0.15) is 0 Å². The van der Waals surface area contributed by atoms with Crippen LogP contribution >= 0.6 is 0 Å². The summed E-state index contributed by atoms with van der Waals surface area (Å²) in [6.45, 7) is 5.86. The minimum Gasteiger partial charge on any atom is -0.496 e. The molecule has 3 aromatic rings. The van der Waals surface area contributed by atoms with Crippen molar-refractivity contribution >= 4 is 11.6 Å². The van der Waals surface area contributed by atoms with Crippen molar-refractivity contribution in [3.63, 3.8) is 0 Å². The van der Waals surface area contributed by atoms with Crippen molar-refractivity contribution in [2.24, 2.45) is 0 Å². The third kappa shape index (κ3) is 7.54. The fourth-order valence-electron chi connectivity index (χ4n) is 3.39. The van der Waals surface area contributed by atoms with Crippen LogP contribution in [0.5, 0.6) is 17.2 Å². The molecule has 0 atom stereocenters. The number of aryl methyl sites for hydroxylation is 1. The fraction of sp³-hybridized carbons (Fsp3) is 0.296. The number of rotatable bonds is 12.